The Morgan fingerprint density at radius 3 is 1.96 bits per heavy atom. The molecule has 0 radical (unpaired) electrons. The maximum atomic E-state index is 12.5. The summed E-state index contributed by atoms with van der Waals surface area (Å²) in [7, 11) is -3.66. The monoisotopic (exact) mass is 366 g/mol. The summed E-state index contributed by atoms with van der Waals surface area (Å²) in [6, 6.07) is 6.87. The normalized spacial score (nSPS) is 22.8. The van der Waals surface area contributed by atoms with E-state index in [2.05, 4.69) is 34.6 Å². The molecule has 0 aliphatic heterocycles. The zero-order valence-corrected chi connectivity index (χ0v) is 17.4. The molecule has 2 rings (SSSR count). The van der Waals surface area contributed by atoms with Crippen LogP contribution in [0.4, 0.5) is 0 Å². The highest BCUT2D eigenvalue weighted by Crippen LogP contribution is 2.45. The van der Waals surface area contributed by atoms with E-state index in [0.29, 0.717) is 11.3 Å². The van der Waals surface area contributed by atoms with Gasteiger partial charge in [0.15, 0.2) is 0 Å². The molecule has 0 heterocycles. The molecule has 25 heavy (non-hydrogen) atoms. The zero-order chi connectivity index (χ0) is 18.9. The van der Waals surface area contributed by atoms with Crippen molar-refractivity contribution in [2.75, 3.05) is 0 Å². The van der Waals surface area contributed by atoms with Crippen LogP contribution in [0.25, 0.3) is 0 Å². The van der Waals surface area contributed by atoms with Crippen molar-refractivity contribution in [1.29, 1.82) is 0 Å². The van der Waals surface area contributed by atoms with Gasteiger partial charge in [0.2, 0.25) is 0 Å². The molecule has 0 N–H and O–H groups in total. The van der Waals surface area contributed by atoms with E-state index in [1.807, 2.05) is 19.1 Å². The van der Waals surface area contributed by atoms with Crippen molar-refractivity contribution in [3.05, 3.63) is 29.8 Å². The lowest BCUT2D eigenvalue weighted by atomic mass is 9.64. The van der Waals surface area contributed by atoms with E-state index < -0.39 is 10.1 Å². The van der Waals surface area contributed by atoms with Gasteiger partial charge < -0.3 is 0 Å². The summed E-state index contributed by atoms with van der Waals surface area (Å²) in [6.45, 7) is 13.5. The molecule has 4 heteroatoms. The smallest absolute Gasteiger partial charge is 0.263 e. The lowest BCUT2D eigenvalue weighted by Gasteiger charge is -2.42. The summed E-state index contributed by atoms with van der Waals surface area (Å²) >= 11 is 0. The van der Waals surface area contributed by atoms with Crippen molar-refractivity contribution in [2.24, 2.45) is 16.7 Å². The quantitative estimate of drug-likeness (QED) is 0.626. The maximum absolute atomic E-state index is 12.5. The summed E-state index contributed by atoms with van der Waals surface area (Å²) in [5, 5.41) is 0. The van der Waals surface area contributed by atoms with Crippen LogP contribution in [0, 0.1) is 23.7 Å². The molecule has 0 amide bonds. The molecule has 1 aliphatic carbocycles. The first kappa shape index (κ1) is 20.4. The lowest BCUT2D eigenvalue weighted by molar-refractivity contribution is 0.0580. The van der Waals surface area contributed by atoms with Gasteiger partial charge in [0.05, 0.1) is 11.0 Å². The number of hydrogen-bond donors (Lipinski definition) is 0. The van der Waals surface area contributed by atoms with E-state index in [0.717, 1.165) is 31.2 Å². The first-order valence-electron chi connectivity index (χ1n) is 9.39. The van der Waals surface area contributed by atoms with E-state index in [9.17, 15) is 8.42 Å². The Morgan fingerprint density at radius 2 is 1.48 bits per heavy atom. The molecular weight excluding hydrogens is 332 g/mol. The van der Waals surface area contributed by atoms with E-state index in [1.165, 1.54) is 6.42 Å². The van der Waals surface area contributed by atoms with E-state index in [1.54, 1.807) is 12.1 Å². The molecule has 1 aliphatic rings. The lowest BCUT2D eigenvalue weighted by Crippen LogP contribution is -2.34. The predicted octanol–water partition coefficient (Wildman–Crippen LogP) is 5.72. The number of benzene rings is 1. The molecule has 1 aromatic rings. The summed E-state index contributed by atoms with van der Waals surface area (Å²) < 4.78 is 30.4. The minimum absolute atomic E-state index is 0.187. The SMILES string of the molecule is Cc1ccc(S(=O)(=O)O[C@H]2CC[C@@H](C(C)(C)CC(C)(C)C)CC2)cc1. The molecule has 0 aromatic heterocycles. The van der Waals surface area contributed by atoms with Crippen LogP contribution >= 0.6 is 0 Å². The third kappa shape index (κ3) is 5.82. The van der Waals surface area contributed by atoms with Crippen LogP contribution in [-0.4, -0.2) is 14.5 Å². The molecule has 0 atom stereocenters. The second-order valence-corrected chi connectivity index (χ2v) is 11.1. The molecular formula is C21H34O3S. The first-order valence-corrected chi connectivity index (χ1v) is 10.8. The fourth-order valence-electron chi connectivity index (χ4n) is 4.39. The van der Waals surface area contributed by atoms with Crippen molar-refractivity contribution >= 4 is 10.1 Å². The van der Waals surface area contributed by atoms with Crippen molar-refractivity contribution in [3.63, 3.8) is 0 Å². The summed E-state index contributed by atoms with van der Waals surface area (Å²) in [5.41, 5.74) is 1.63. The standard InChI is InChI=1S/C21H34O3S/c1-16-7-13-19(14-8-16)25(22,23)24-18-11-9-17(10-12-18)21(5,6)15-20(2,3)4/h7-8,13-14,17-18H,9-12,15H2,1-6H3/t17-,18+. The topological polar surface area (TPSA) is 43.4 Å². The van der Waals surface area contributed by atoms with Gasteiger partial charge in [-0.05, 0) is 67.9 Å². The van der Waals surface area contributed by atoms with Gasteiger partial charge in [-0.15, -0.1) is 0 Å². The maximum Gasteiger partial charge on any atom is 0.297 e. The van der Waals surface area contributed by atoms with Gasteiger partial charge in [-0.2, -0.15) is 8.42 Å². The highest BCUT2D eigenvalue weighted by Gasteiger charge is 2.37. The first-order chi connectivity index (χ1) is 11.4. The Morgan fingerprint density at radius 1 is 0.960 bits per heavy atom. The van der Waals surface area contributed by atoms with Crippen LogP contribution in [0.5, 0.6) is 0 Å². The molecule has 142 valence electrons. The minimum Gasteiger partial charge on any atom is -0.263 e. The second-order valence-electron chi connectivity index (χ2n) is 9.56. The Labute approximate surface area is 154 Å². The van der Waals surface area contributed by atoms with E-state index in [4.69, 9.17) is 4.18 Å². The summed E-state index contributed by atoms with van der Waals surface area (Å²) in [5.74, 6) is 0.633. The number of hydrogen-bond acceptors (Lipinski definition) is 3. The van der Waals surface area contributed by atoms with Gasteiger partial charge in [0.1, 0.15) is 0 Å². The fourth-order valence-corrected chi connectivity index (χ4v) is 5.52. The summed E-state index contributed by atoms with van der Waals surface area (Å²) in [6.07, 6.45) is 4.71. The average molecular weight is 367 g/mol. The fraction of sp³-hybridized carbons (Fsp3) is 0.714. The van der Waals surface area contributed by atoms with Crippen LogP contribution in [0.2, 0.25) is 0 Å². The molecule has 1 fully saturated rings. The van der Waals surface area contributed by atoms with Gasteiger partial charge in [-0.25, -0.2) is 0 Å². The second kappa shape index (κ2) is 7.40. The summed E-state index contributed by atoms with van der Waals surface area (Å²) in [4.78, 5) is 0.258. The van der Waals surface area contributed by atoms with Gasteiger partial charge in [0.25, 0.3) is 10.1 Å². The third-order valence-corrected chi connectivity index (χ3v) is 6.71. The molecule has 3 nitrogen and oxygen atoms in total. The Hall–Kier alpha value is -0.870. The molecule has 0 unspecified atom stereocenters. The Balaban J connectivity index is 1.95. The van der Waals surface area contributed by atoms with Crippen LogP contribution in [-0.2, 0) is 14.3 Å². The molecule has 0 saturated heterocycles. The molecule has 1 saturated carbocycles. The van der Waals surface area contributed by atoms with E-state index >= 15 is 0 Å². The van der Waals surface area contributed by atoms with Gasteiger partial charge >= 0.3 is 0 Å². The average Bonchev–Trinajstić information content (AvgIpc) is 2.45. The van der Waals surface area contributed by atoms with Crippen molar-refractivity contribution < 1.29 is 12.6 Å². The number of aryl methyl sites for hydroxylation is 1. The van der Waals surface area contributed by atoms with E-state index in [-0.39, 0.29) is 16.4 Å². The highest BCUT2D eigenvalue weighted by molar-refractivity contribution is 7.86. The largest absolute Gasteiger partial charge is 0.297 e. The van der Waals surface area contributed by atoms with Gasteiger partial charge in [-0.1, -0.05) is 52.3 Å². The van der Waals surface area contributed by atoms with Crippen molar-refractivity contribution in [2.45, 2.75) is 84.6 Å². The van der Waals surface area contributed by atoms with Crippen LogP contribution < -0.4 is 0 Å². The third-order valence-electron chi connectivity index (χ3n) is 5.34. The zero-order valence-electron chi connectivity index (χ0n) is 16.6. The minimum atomic E-state index is -3.66. The van der Waals surface area contributed by atoms with Gasteiger partial charge in [0, 0.05) is 0 Å². The molecule has 1 aromatic carbocycles. The molecule has 0 spiro atoms. The molecule has 0 bridgehead atoms. The Bertz CT molecular complexity index is 658. The predicted molar refractivity (Wildman–Crippen MR) is 103 cm³/mol. The van der Waals surface area contributed by atoms with Crippen LogP contribution in [0.3, 0.4) is 0 Å². The van der Waals surface area contributed by atoms with Crippen LogP contribution in [0.15, 0.2) is 29.2 Å². The van der Waals surface area contributed by atoms with Crippen molar-refractivity contribution in [1.82, 2.24) is 0 Å². The Kier molecular flexibility index (Phi) is 6.05. The highest BCUT2D eigenvalue weighted by atomic mass is 32.2. The van der Waals surface area contributed by atoms with Crippen molar-refractivity contribution in [3.8, 4) is 0 Å². The van der Waals surface area contributed by atoms with Gasteiger partial charge in [-0.3, -0.25) is 4.18 Å². The van der Waals surface area contributed by atoms with Crippen LogP contribution in [0.1, 0.15) is 72.3 Å². The number of rotatable bonds is 5.